The number of rotatable bonds is 5. The van der Waals surface area contributed by atoms with Crippen LogP contribution in [0, 0.1) is 17.7 Å². The largest absolute Gasteiger partial charge is 0.484 e. The van der Waals surface area contributed by atoms with Gasteiger partial charge < -0.3 is 20.3 Å². The van der Waals surface area contributed by atoms with Crippen LogP contribution in [-0.4, -0.2) is 61.7 Å². The Balaban J connectivity index is 1.30. The van der Waals surface area contributed by atoms with Crippen LogP contribution in [0.2, 0.25) is 0 Å². The van der Waals surface area contributed by atoms with E-state index in [1.807, 2.05) is 11.0 Å². The van der Waals surface area contributed by atoms with Crippen molar-refractivity contribution < 1.29 is 35.9 Å². The van der Waals surface area contributed by atoms with Gasteiger partial charge >= 0.3 is 6.18 Å². The molecule has 2 aromatic rings. The molecule has 1 saturated carbocycles. The van der Waals surface area contributed by atoms with Gasteiger partial charge in [-0.3, -0.25) is 4.79 Å². The number of nitrogens with zero attached hydrogens (tertiary/aromatic N) is 1. The molecule has 3 heterocycles. The highest BCUT2D eigenvalue weighted by atomic mass is 19.4. The predicted molar refractivity (Wildman–Crippen MR) is 149 cm³/mol. The molecular weight excluding hydrogens is 572 g/mol. The number of benzene rings is 2. The van der Waals surface area contributed by atoms with Gasteiger partial charge in [-0.25, -0.2) is 13.2 Å². The Kier molecular flexibility index (Phi) is 8.17. The van der Waals surface area contributed by atoms with Crippen LogP contribution in [0.25, 0.3) is 0 Å². The standard InChI is InChI=1S/C32H37F6N3O2/c33-26-6-2-1-4-22(26)21-10-13-41(27(14-21)20-8-11-31(34,35)12-9-20)29(42)25-16-40-18-30(25)17-39-15-23-24(30)5-3-7-28(23)43-19-32(36,37)38/h1-7,20-21,25,27,39-40H,8-19H2. The van der Waals surface area contributed by atoms with Crippen molar-refractivity contribution in [2.75, 3.05) is 32.8 Å². The summed E-state index contributed by atoms with van der Waals surface area (Å²) in [7, 11) is 0. The zero-order valence-electron chi connectivity index (χ0n) is 23.9. The number of fused-ring (bicyclic) bond motifs is 2. The third-order valence-electron chi connectivity index (χ3n) is 10.1. The molecule has 43 heavy (non-hydrogen) atoms. The molecular formula is C32H37F6N3O2. The quantitative estimate of drug-likeness (QED) is 0.413. The van der Waals surface area contributed by atoms with Crippen molar-refractivity contribution in [2.24, 2.45) is 11.8 Å². The molecule has 1 amide bonds. The van der Waals surface area contributed by atoms with E-state index >= 15 is 0 Å². The Hall–Kier alpha value is -2.79. The summed E-state index contributed by atoms with van der Waals surface area (Å²) < 4.78 is 87.2. The van der Waals surface area contributed by atoms with Crippen molar-refractivity contribution in [3.63, 3.8) is 0 Å². The van der Waals surface area contributed by atoms with Gasteiger partial charge in [0.2, 0.25) is 11.8 Å². The van der Waals surface area contributed by atoms with E-state index < -0.39 is 30.0 Å². The number of halogens is 6. The lowest BCUT2D eigenvalue weighted by atomic mass is 9.67. The first kappa shape index (κ1) is 30.2. The summed E-state index contributed by atoms with van der Waals surface area (Å²) in [4.78, 5) is 16.4. The molecule has 0 bridgehead atoms. The van der Waals surface area contributed by atoms with Gasteiger partial charge in [-0.15, -0.1) is 0 Å². The number of amides is 1. The van der Waals surface area contributed by atoms with E-state index in [1.54, 1.807) is 24.3 Å². The Bertz CT molecular complexity index is 1330. The summed E-state index contributed by atoms with van der Waals surface area (Å²) in [5, 5.41) is 6.68. The number of carbonyl (C=O) groups excluding carboxylic acids is 1. The second kappa shape index (κ2) is 11.6. The van der Waals surface area contributed by atoms with Crippen LogP contribution in [0.5, 0.6) is 5.75 Å². The van der Waals surface area contributed by atoms with Gasteiger partial charge in [-0.1, -0.05) is 30.3 Å². The highest BCUT2D eigenvalue weighted by Gasteiger charge is 2.53. The van der Waals surface area contributed by atoms with Crippen LogP contribution in [0.4, 0.5) is 26.3 Å². The SMILES string of the molecule is O=C(C1CNCC12CNCc1c(OCC(F)(F)F)cccc12)N1CCC(c2ccccc2F)CC1C1CCC(F)(F)CC1. The van der Waals surface area contributed by atoms with Crippen molar-refractivity contribution in [3.05, 3.63) is 65.0 Å². The summed E-state index contributed by atoms with van der Waals surface area (Å²) in [6, 6.07) is 11.4. The molecule has 3 fully saturated rings. The zero-order valence-corrected chi connectivity index (χ0v) is 23.9. The molecule has 1 spiro atoms. The van der Waals surface area contributed by atoms with Gasteiger partial charge in [-0.2, -0.15) is 13.2 Å². The molecule has 11 heteroatoms. The first-order valence-electron chi connectivity index (χ1n) is 15.1. The van der Waals surface area contributed by atoms with Gasteiger partial charge in [0.05, 0.1) is 5.92 Å². The first-order chi connectivity index (χ1) is 20.5. The molecule has 0 radical (unpaired) electrons. The van der Waals surface area contributed by atoms with Crippen LogP contribution in [0.15, 0.2) is 42.5 Å². The van der Waals surface area contributed by atoms with E-state index in [0.717, 1.165) is 5.56 Å². The molecule has 2 N–H and O–H groups in total. The normalized spacial score (nSPS) is 29.4. The number of carbonyl (C=O) groups is 1. The smallest absolute Gasteiger partial charge is 0.422 e. The molecule has 0 aromatic heterocycles. The lowest BCUT2D eigenvalue weighted by Crippen LogP contribution is -2.57. The number of hydrogen-bond acceptors (Lipinski definition) is 4. The lowest BCUT2D eigenvalue weighted by Gasteiger charge is -2.48. The molecule has 5 nitrogen and oxygen atoms in total. The molecule has 1 aliphatic carbocycles. The summed E-state index contributed by atoms with van der Waals surface area (Å²) in [6.07, 6.45) is -3.29. The summed E-state index contributed by atoms with van der Waals surface area (Å²) in [5.74, 6) is -3.72. The van der Waals surface area contributed by atoms with E-state index in [2.05, 4.69) is 10.6 Å². The summed E-state index contributed by atoms with van der Waals surface area (Å²) in [6.45, 7) is 0.596. The van der Waals surface area contributed by atoms with Gasteiger partial charge in [0, 0.05) is 62.6 Å². The van der Waals surface area contributed by atoms with Crippen molar-refractivity contribution in [1.82, 2.24) is 15.5 Å². The molecule has 4 aliphatic rings. The van der Waals surface area contributed by atoms with E-state index in [0.29, 0.717) is 69.5 Å². The van der Waals surface area contributed by atoms with Crippen LogP contribution in [0.1, 0.15) is 61.1 Å². The highest BCUT2D eigenvalue weighted by molar-refractivity contribution is 5.82. The molecule has 2 saturated heterocycles. The fourth-order valence-corrected chi connectivity index (χ4v) is 8.02. The van der Waals surface area contributed by atoms with Gasteiger partial charge in [0.15, 0.2) is 6.61 Å². The minimum Gasteiger partial charge on any atom is -0.484 e. The number of hydrogen-bond donors (Lipinski definition) is 2. The predicted octanol–water partition coefficient (Wildman–Crippen LogP) is 5.93. The molecule has 2 aromatic carbocycles. The van der Waals surface area contributed by atoms with Crippen LogP contribution < -0.4 is 15.4 Å². The number of piperidine rings is 1. The average molecular weight is 610 g/mol. The third-order valence-corrected chi connectivity index (χ3v) is 10.1. The second-order valence-electron chi connectivity index (χ2n) is 12.7. The van der Waals surface area contributed by atoms with Crippen LogP contribution in [-0.2, 0) is 16.8 Å². The second-order valence-corrected chi connectivity index (χ2v) is 12.7. The van der Waals surface area contributed by atoms with Crippen molar-refractivity contribution in [1.29, 1.82) is 0 Å². The Morgan fingerprint density at radius 1 is 1.00 bits per heavy atom. The Morgan fingerprint density at radius 2 is 1.74 bits per heavy atom. The molecule has 3 aliphatic heterocycles. The number of nitrogens with one attached hydrogen (secondary N) is 2. The fraction of sp³-hybridized carbons (Fsp3) is 0.594. The summed E-state index contributed by atoms with van der Waals surface area (Å²) >= 11 is 0. The van der Waals surface area contributed by atoms with Crippen LogP contribution in [0.3, 0.4) is 0 Å². The lowest BCUT2D eigenvalue weighted by molar-refractivity contribution is -0.153. The number of alkyl halides is 5. The topological polar surface area (TPSA) is 53.6 Å². The zero-order chi connectivity index (χ0) is 30.4. The van der Waals surface area contributed by atoms with Crippen molar-refractivity contribution in [2.45, 2.75) is 74.5 Å². The van der Waals surface area contributed by atoms with Gasteiger partial charge in [0.25, 0.3) is 0 Å². The number of ether oxygens (including phenoxy) is 1. The van der Waals surface area contributed by atoms with E-state index in [9.17, 15) is 31.1 Å². The molecule has 234 valence electrons. The van der Waals surface area contributed by atoms with Crippen LogP contribution >= 0.6 is 0 Å². The van der Waals surface area contributed by atoms with Crippen molar-refractivity contribution >= 4 is 5.91 Å². The average Bonchev–Trinajstić information content (AvgIpc) is 3.39. The molecule has 4 unspecified atom stereocenters. The van der Waals surface area contributed by atoms with E-state index in [-0.39, 0.29) is 48.2 Å². The Labute approximate surface area is 247 Å². The molecule has 4 atom stereocenters. The van der Waals surface area contributed by atoms with Gasteiger partial charge in [-0.05, 0) is 60.8 Å². The van der Waals surface area contributed by atoms with Gasteiger partial charge in [0.1, 0.15) is 11.6 Å². The number of likely N-dealkylation sites (tertiary alicyclic amines) is 1. The maximum absolute atomic E-state index is 14.8. The minimum atomic E-state index is -4.48. The minimum absolute atomic E-state index is 0.0874. The highest BCUT2D eigenvalue weighted by Crippen LogP contribution is 2.47. The fourth-order valence-electron chi connectivity index (χ4n) is 8.02. The third kappa shape index (κ3) is 5.99. The van der Waals surface area contributed by atoms with E-state index in [1.165, 1.54) is 12.1 Å². The first-order valence-corrected chi connectivity index (χ1v) is 15.1. The van der Waals surface area contributed by atoms with E-state index in [4.69, 9.17) is 4.74 Å². The maximum Gasteiger partial charge on any atom is 0.422 e. The monoisotopic (exact) mass is 609 g/mol. The van der Waals surface area contributed by atoms with Crippen molar-refractivity contribution in [3.8, 4) is 5.75 Å². The maximum atomic E-state index is 14.8. The molecule has 6 rings (SSSR count). The summed E-state index contributed by atoms with van der Waals surface area (Å²) in [5.41, 5.74) is 1.29. The Morgan fingerprint density at radius 3 is 2.49 bits per heavy atom.